The minimum atomic E-state index is 0.174. The van der Waals surface area contributed by atoms with Gasteiger partial charge in [-0.15, -0.1) is 0 Å². The van der Waals surface area contributed by atoms with E-state index in [-0.39, 0.29) is 5.41 Å². The number of phenols is 1. The van der Waals surface area contributed by atoms with Crippen LogP contribution in [0.4, 0.5) is 0 Å². The molecule has 2 aromatic carbocycles. The van der Waals surface area contributed by atoms with Crippen molar-refractivity contribution < 1.29 is 5.11 Å². The smallest absolute Gasteiger partial charge is 0.115 e. The van der Waals surface area contributed by atoms with Gasteiger partial charge in [0.25, 0.3) is 0 Å². The average Bonchev–Trinajstić information content (AvgIpc) is 2.33. The summed E-state index contributed by atoms with van der Waals surface area (Å²) < 4.78 is 1.14. The summed E-state index contributed by atoms with van der Waals surface area (Å²) in [5.41, 5.74) is 2.72. The van der Waals surface area contributed by atoms with Gasteiger partial charge in [0, 0.05) is 4.47 Å². The Hall–Kier alpha value is -1.28. The molecule has 19 heavy (non-hydrogen) atoms. The Bertz CT molecular complexity index is 471. The number of aromatic hydroxyl groups is 1. The zero-order valence-electron chi connectivity index (χ0n) is 11.9. The fourth-order valence-corrected chi connectivity index (χ4v) is 1.76. The fraction of sp³-hybridized carbons (Fsp3) is 0.294. The van der Waals surface area contributed by atoms with Crippen LogP contribution in [0.3, 0.4) is 0 Å². The van der Waals surface area contributed by atoms with Crippen molar-refractivity contribution in [2.45, 2.75) is 33.1 Å². The monoisotopic (exact) mass is 320 g/mol. The third-order valence-electron chi connectivity index (χ3n) is 2.74. The average molecular weight is 321 g/mol. The number of aryl methyl sites for hydroxylation is 1. The van der Waals surface area contributed by atoms with Gasteiger partial charge in [0.2, 0.25) is 0 Å². The second-order valence-electron chi connectivity index (χ2n) is 5.59. The standard InChI is InChI=1S/C10H14O.C7H7Br/c1-10(2,3)8-4-6-9(11)7-5-8;1-6-2-4-7(8)5-3-6/h4-7,11H,1-3H3;2-5H,1H3. The van der Waals surface area contributed by atoms with Crippen LogP contribution in [-0.2, 0) is 5.41 Å². The van der Waals surface area contributed by atoms with Gasteiger partial charge in [-0.25, -0.2) is 0 Å². The van der Waals surface area contributed by atoms with E-state index in [1.165, 1.54) is 11.1 Å². The predicted molar refractivity (Wildman–Crippen MR) is 85.7 cm³/mol. The number of phenolic OH excluding ortho intramolecular Hbond substituents is 1. The van der Waals surface area contributed by atoms with Crippen molar-refractivity contribution in [1.29, 1.82) is 0 Å². The summed E-state index contributed by atoms with van der Waals surface area (Å²) in [6, 6.07) is 15.6. The van der Waals surface area contributed by atoms with Crippen LogP contribution in [0.25, 0.3) is 0 Å². The first-order chi connectivity index (χ1) is 8.79. The van der Waals surface area contributed by atoms with Gasteiger partial charge >= 0.3 is 0 Å². The van der Waals surface area contributed by atoms with Crippen LogP contribution in [-0.4, -0.2) is 5.11 Å². The molecule has 0 heterocycles. The third kappa shape index (κ3) is 5.93. The normalized spacial score (nSPS) is 10.6. The number of rotatable bonds is 0. The fourth-order valence-electron chi connectivity index (χ4n) is 1.49. The highest BCUT2D eigenvalue weighted by molar-refractivity contribution is 9.10. The molecule has 0 saturated carbocycles. The summed E-state index contributed by atoms with van der Waals surface area (Å²) in [7, 11) is 0. The molecule has 1 nitrogen and oxygen atoms in total. The van der Waals surface area contributed by atoms with Crippen molar-refractivity contribution >= 4 is 15.9 Å². The Morgan fingerprint density at radius 1 is 0.842 bits per heavy atom. The van der Waals surface area contributed by atoms with Gasteiger partial charge in [0.15, 0.2) is 0 Å². The van der Waals surface area contributed by atoms with E-state index in [1.54, 1.807) is 12.1 Å². The minimum absolute atomic E-state index is 0.174. The van der Waals surface area contributed by atoms with Crippen LogP contribution in [0.1, 0.15) is 31.9 Å². The molecule has 0 amide bonds. The molecule has 0 aliphatic heterocycles. The van der Waals surface area contributed by atoms with Gasteiger partial charge in [-0.1, -0.05) is 66.5 Å². The first-order valence-corrected chi connectivity index (χ1v) is 7.10. The van der Waals surface area contributed by atoms with Crippen molar-refractivity contribution in [3.05, 3.63) is 64.1 Å². The number of hydrogen-bond donors (Lipinski definition) is 1. The summed E-state index contributed by atoms with van der Waals surface area (Å²) in [5, 5.41) is 9.02. The van der Waals surface area contributed by atoms with Crippen LogP contribution in [0.5, 0.6) is 5.75 Å². The molecule has 2 heteroatoms. The van der Waals surface area contributed by atoms with E-state index in [2.05, 4.69) is 55.8 Å². The lowest BCUT2D eigenvalue weighted by atomic mass is 9.87. The minimum Gasteiger partial charge on any atom is -0.508 e. The molecule has 0 atom stereocenters. The first kappa shape index (κ1) is 15.8. The number of halogens is 1. The summed E-state index contributed by atoms with van der Waals surface area (Å²) in [5.74, 6) is 0.331. The van der Waals surface area contributed by atoms with Crippen LogP contribution < -0.4 is 0 Å². The lowest BCUT2D eigenvalue weighted by Gasteiger charge is -2.18. The highest BCUT2D eigenvalue weighted by Gasteiger charge is 2.12. The van der Waals surface area contributed by atoms with Gasteiger partial charge in [-0.3, -0.25) is 0 Å². The molecule has 0 spiro atoms. The highest BCUT2D eigenvalue weighted by Crippen LogP contribution is 2.23. The number of hydrogen-bond acceptors (Lipinski definition) is 1. The van der Waals surface area contributed by atoms with E-state index in [4.69, 9.17) is 5.11 Å². The Labute approximate surface area is 124 Å². The summed E-state index contributed by atoms with van der Waals surface area (Å²) in [6.45, 7) is 8.53. The molecule has 0 aliphatic carbocycles. The molecule has 0 bridgehead atoms. The van der Waals surface area contributed by atoms with Gasteiger partial charge in [0.1, 0.15) is 5.75 Å². The molecule has 2 aromatic rings. The van der Waals surface area contributed by atoms with Gasteiger partial charge in [-0.2, -0.15) is 0 Å². The van der Waals surface area contributed by atoms with E-state index < -0.39 is 0 Å². The molecule has 2 rings (SSSR count). The zero-order valence-corrected chi connectivity index (χ0v) is 13.5. The molecule has 0 unspecified atom stereocenters. The second-order valence-corrected chi connectivity index (χ2v) is 6.51. The second kappa shape index (κ2) is 6.76. The van der Waals surface area contributed by atoms with Crippen molar-refractivity contribution in [2.75, 3.05) is 0 Å². The highest BCUT2D eigenvalue weighted by atomic mass is 79.9. The molecule has 0 aromatic heterocycles. The third-order valence-corrected chi connectivity index (χ3v) is 3.27. The molecule has 0 fully saturated rings. The van der Waals surface area contributed by atoms with Crippen LogP contribution in [0, 0.1) is 6.92 Å². The van der Waals surface area contributed by atoms with Crippen LogP contribution in [0.2, 0.25) is 0 Å². The Morgan fingerprint density at radius 3 is 1.68 bits per heavy atom. The van der Waals surface area contributed by atoms with Crippen molar-refractivity contribution in [1.82, 2.24) is 0 Å². The molecule has 0 aliphatic rings. The van der Waals surface area contributed by atoms with E-state index in [0.29, 0.717) is 5.75 Å². The number of benzene rings is 2. The van der Waals surface area contributed by atoms with E-state index in [1.807, 2.05) is 24.3 Å². The lowest BCUT2D eigenvalue weighted by Crippen LogP contribution is -2.10. The Kier molecular flexibility index (Phi) is 5.61. The van der Waals surface area contributed by atoms with E-state index in [9.17, 15) is 0 Å². The van der Waals surface area contributed by atoms with E-state index in [0.717, 1.165) is 4.47 Å². The van der Waals surface area contributed by atoms with Crippen molar-refractivity contribution in [3.8, 4) is 5.75 Å². The summed E-state index contributed by atoms with van der Waals surface area (Å²) >= 11 is 3.35. The Balaban J connectivity index is 0.000000200. The quantitative estimate of drug-likeness (QED) is 0.684. The molecule has 0 radical (unpaired) electrons. The van der Waals surface area contributed by atoms with Crippen molar-refractivity contribution in [3.63, 3.8) is 0 Å². The zero-order chi connectivity index (χ0) is 14.5. The predicted octanol–water partition coefficient (Wildman–Crippen LogP) is 5.45. The molecule has 1 N–H and O–H groups in total. The maximum atomic E-state index is 9.02. The maximum absolute atomic E-state index is 9.02. The molecule has 0 saturated heterocycles. The van der Waals surface area contributed by atoms with E-state index >= 15 is 0 Å². The van der Waals surface area contributed by atoms with Crippen LogP contribution in [0.15, 0.2) is 53.0 Å². The first-order valence-electron chi connectivity index (χ1n) is 6.31. The van der Waals surface area contributed by atoms with Crippen molar-refractivity contribution in [2.24, 2.45) is 0 Å². The largest absolute Gasteiger partial charge is 0.508 e. The van der Waals surface area contributed by atoms with Gasteiger partial charge < -0.3 is 5.11 Å². The summed E-state index contributed by atoms with van der Waals surface area (Å²) in [4.78, 5) is 0. The lowest BCUT2D eigenvalue weighted by molar-refractivity contribution is 0.474. The Morgan fingerprint density at radius 2 is 1.32 bits per heavy atom. The molecule has 102 valence electrons. The van der Waals surface area contributed by atoms with Gasteiger partial charge in [0.05, 0.1) is 0 Å². The summed E-state index contributed by atoms with van der Waals surface area (Å²) in [6.07, 6.45) is 0. The molecular weight excluding hydrogens is 300 g/mol. The van der Waals surface area contributed by atoms with Crippen LogP contribution >= 0.6 is 15.9 Å². The SMILES string of the molecule is CC(C)(C)c1ccc(O)cc1.Cc1ccc(Br)cc1. The van der Waals surface area contributed by atoms with Gasteiger partial charge in [-0.05, 0) is 42.2 Å². The topological polar surface area (TPSA) is 20.2 Å². The maximum Gasteiger partial charge on any atom is 0.115 e. The molecular formula is C17H21BrO.